The molecule has 0 saturated heterocycles. The summed E-state index contributed by atoms with van der Waals surface area (Å²) in [6, 6.07) is 0.178. The van der Waals surface area contributed by atoms with Gasteiger partial charge in [-0.25, -0.2) is 4.79 Å². The first-order chi connectivity index (χ1) is 24.6. The third-order valence-electron chi connectivity index (χ3n) is 10.2. The molecule has 0 aliphatic rings. The molecule has 4 heteroatoms. The molecule has 0 bridgehead atoms. The van der Waals surface area contributed by atoms with E-state index in [4.69, 9.17) is 0 Å². The van der Waals surface area contributed by atoms with Crippen LogP contribution in [0.1, 0.15) is 207 Å². The molecule has 0 aliphatic carbocycles. The molecule has 0 heterocycles. The first kappa shape index (κ1) is 48.2. The van der Waals surface area contributed by atoms with E-state index in [2.05, 4.69) is 81.2 Å². The van der Waals surface area contributed by atoms with Gasteiger partial charge in [0, 0.05) is 12.6 Å². The summed E-state index contributed by atoms with van der Waals surface area (Å²) in [4.78, 5) is 16.7. The van der Waals surface area contributed by atoms with Crippen molar-refractivity contribution in [1.82, 2.24) is 9.80 Å². The summed E-state index contributed by atoms with van der Waals surface area (Å²) in [5.74, 6) is 0. The van der Waals surface area contributed by atoms with E-state index in [1.807, 2.05) is 4.90 Å². The number of rotatable bonds is 38. The minimum absolute atomic E-state index is 0.178. The predicted octanol–water partition coefficient (Wildman–Crippen LogP) is 14.9. The van der Waals surface area contributed by atoms with Crippen LogP contribution in [0.15, 0.2) is 48.6 Å². The number of amides is 1. The van der Waals surface area contributed by atoms with Gasteiger partial charge in [-0.05, 0) is 110 Å². The molecule has 0 atom stereocenters. The zero-order chi connectivity index (χ0) is 36.6. The van der Waals surface area contributed by atoms with Gasteiger partial charge < -0.3 is 14.9 Å². The van der Waals surface area contributed by atoms with E-state index >= 15 is 0 Å². The lowest BCUT2D eigenvalue weighted by Gasteiger charge is -2.30. The van der Waals surface area contributed by atoms with Gasteiger partial charge in [0.2, 0.25) is 0 Å². The number of carboxylic acid groups (broad SMARTS) is 1. The molecule has 50 heavy (non-hydrogen) atoms. The molecular weight excluding hydrogens is 613 g/mol. The van der Waals surface area contributed by atoms with Gasteiger partial charge in [-0.2, -0.15) is 0 Å². The van der Waals surface area contributed by atoms with Crippen molar-refractivity contribution in [3.05, 3.63) is 48.6 Å². The SMILES string of the molecule is CCCCC/C=C\C/C=C\CCCCCCCCC(CCCCCCCC/C=C\C/C=C\CCCCC)N(CCCCN(CC)CC)C(=O)O. The monoisotopic (exact) mass is 699 g/mol. The van der Waals surface area contributed by atoms with Gasteiger partial charge in [-0.15, -0.1) is 0 Å². The number of nitrogens with zero attached hydrogens (tertiary/aromatic N) is 2. The van der Waals surface area contributed by atoms with Gasteiger partial charge in [-0.3, -0.25) is 0 Å². The van der Waals surface area contributed by atoms with Crippen LogP contribution in [0.4, 0.5) is 4.79 Å². The fraction of sp³-hybridized carbons (Fsp3) is 0.804. The Labute approximate surface area is 313 Å². The molecule has 0 saturated carbocycles. The van der Waals surface area contributed by atoms with E-state index in [9.17, 15) is 9.90 Å². The van der Waals surface area contributed by atoms with Crippen molar-refractivity contribution in [3.8, 4) is 0 Å². The van der Waals surface area contributed by atoms with E-state index in [-0.39, 0.29) is 6.04 Å². The quantitative estimate of drug-likeness (QED) is 0.0516. The van der Waals surface area contributed by atoms with Crippen LogP contribution in [0.25, 0.3) is 0 Å². The van der Waals surface area contributed by atoms with Crippen LogP contribution in [-0.4, -0.2) is 53.2 Å². The highest BCUT2D eigenvalue weighted by atomic mass is 16.4. The van der Waals surface area contributed by atoms with Crippen LogP contribution in [0.2, 0.25) is 0 Å². The van der Waals surface area contributed by atoms with Crippen LogP contribution in [0, 0.1) is 0 Å². The number of unbranched alkanes of at least 4 members (excludes halogenated alkanes) is 19. The lowest BCUT2D eigenvalue weighted by Crippen LogP contribution is -2.40. The van der Waals surface area contributed by atoms with Crippen molar-refractivity contribution >= 4 is 6.09 Å². The van der Waals surface area contributed by atoms with Crippen molar-refractivity contribution in [2.45, 2.75) is 214 Å². The Balaban J connectivity index is 4.39. The Morgan fingerprint density at radius 3 is 1.20 bits per heavy atom. The summed E-state index contributed by atoms with van der Waals surface area (Å²) in [7, 11) is 0. The van der Waals surface area contributed by atoms with Crippen molar-refractivity contribution in [3.63, 3.8) is 0 Å². The molecule has 0 aromatic rings. The summed E-state index contributed by atoms with van der Waals surface area (Å²) in [5, 5.41) is 10.2. The molecule has 1 N–H and O–H groups in total. The van der Waals surface area contributed by atoms with Crippen molar-refractivity contribution in [2.75, 3.05) is 26.2 Å². The van der Waals surface area contributed by atoms with E-state index in [0.29, 0.717) is 6.54 Å². The second kappa shape index (κ2) is 40.0. The van der Waals surface area contributed by atoms with Gasteiger partial charge in [0.05, 0.1) is 0 Å². The van der Waals surface area contributed by atoms with Crippen LogP contribution in [0.5, 0.6) is 0 Å². The highest BCUT2D eigenvalue weighted by Crippen LogP contribution is 2.20. The summed E-state index contributed by atoms with van der Waals surface area (Å²) < 4.78 is 0. The van der Waals surface area contributed by atoms with Gasteiger partial charge in [0.1, 0.15) is 0 Å². The number of allylic oxidation sites excluding steroid dienone is 8. The summed E-state index contributed by atoms with van der Waals surface area (Å²) >= 11 is 0. The molecule has 0 aromatic carbocycles. The molecule has 0 rings (SSSR count). The maximum absolute atomic E-state index is 12.4. The lowest BCUT2D eigenvalue weighted by atomic mass is 9.98. The molecule has 0 unspecified atom stereocenters. The van der Waals surface area contributed by atoms with Gasteiger partial charge >= 0.3 is 6.09 Å². The summed E-state index contributed by atoms with van der Waals surface area (Å²) in [5.41, 5.74) is 0. The van der Waals surface area contributed by atoms with E-state index in [0.717, 1.165) is 71.0 Å². The maximum atomic E-state index is 12.4. The highest BCUT2D eigenvalue weighted by Gasteiger charge is 2.22. The zero-order valence-electron chi connectivity index (χ0n) is 34.1. The molecule has 4 nitrogen and oxygen atoms in total. The molecule has 0 aromatic heterocycles. The minimum Gasteiger partial charge on any atom is -0.465 e. The average Bonchev–Trinajstić information content (AvgIpc) is 3.12. The van der Waals surface area contributed by atoms with Gasteiger partial charge in [0.15, 0.2) is 0 Å². The second-order valence-corrected chi connectivity index (χ2v) is 14.6. The maximum Gasteiger partial charge on any atom is 0.407 e. The standard InChI is InChI=1S/C46H86N2O2/c1-5-9-11-13-15-17-19-21-23-25-27-29-31-33-35-37-41-45(48(46(49)50)44-40-39-43-47(7-3)8-4)42-38-36-34-32-30-28-26-24-22-20-18-16-14-12-10-6-2/h15-18,21-24,45H,5-14,19-20,25-44H2,1-4H3,(H,49,50)/b17-15-,18-16-,23-21-,24-22-. The lowest BCUT2D eigenvalue weighted by molar-refractivity contribution is 0.114. The van der Waals surface area contributed by atoms with Gasteiger partial charge in [0.25, 0.3) is 0 Å². The van der Waals surface area contributed by atoms with Gasteiger partial charge in [-0.1, -0.05) is 166 Å². The predicted molar refractivity (Wildman–Crippen MR) is 223 cm³/mol. The molecule has 1 amide bonds. The van der Waals surface area contributed by atoms with Crippen molar-refractivity contribution in [1.29, 1.82) is 0 Å². The van der Waals surface area contributed by atoms with E-state index in [1.165, 1.54) is 128 Å². The summed E-state index contributed by atoms with van der Waals surface area (Å²) in [6.45, 7) is 12.8. The molecule has 0 radical (unpaired) electrons. The zero-order valence-corrected chi connectivity index (χ0v) is 34.1. The minimum atomic E-state index is -0.710. The third kappa shape index (κ3) is 33.3. The fourth-order valence-corrected chi connectivity index (χ4v) is 6.78. The Morgan fingerprint density at radius 1 is 0.460 bits per heavy atom. The largest absolute Gasteiger partial charge is 0.465 e. The van der Waals surface area contributed by atoms with E-state index in [1.54, 1.807) is 0 Å². The van der Waals surface area contributed by atoms with Crippen LogP contribution in [-0.2, 0) is 0 Å². The van der Waals surface area contributed by atoms with Crippen molar-refractivity contribution in [2.24, 2.45) is 0 Å². The molecule has 292 valence electrons. The van der Waals surface area contributed by atoms with Crippen LogP contribution >= 0.6 is 0 Å². The molecular formula is C46H86N2O2. The number of carbonyl (C=O) groups is 1. The van der Waals surface area contributed by atoms with Crippen LogP contribution < -0.4 is 0 Å². The first-order valence-electron chi connectivity index (χ1n) is 21.9. The normalized spacial score (nSPS) is 12.4. The summed E-state index contributed by atoms with van der Waals surface area (Å²) in [6.07, 6.45) is 52.1. The Bertz CT molecular complexity index is 765. The Hall–Kier alpha value is -1.81. The molecule has 0 fully saturated rings. The van der Waals surface area contributed by atoms with Crippen LogP contribution in [0.3, 0.4) is 0 Å². The molecule has 0 spiro atoms. The smallest absolute Gasteiger partial charge is 0.407 e. The number of hydrogen-bond donors (Lipinski definition) is 1. The number of hydrogen-bond acceptors (Lipinski definition) is 2. The Kier molecular flexibility index (Phi) is 38.5. The van der Waals surface area contributed by atoms with E-state index < -0.39 is 6.09 Å². The first-order valence-corrected chi connectivity index (χ1v) is 21.9. The third-order valence-corrected chi connectivity index (χ3v) is 10.2. The van der Waals surface area contributed by atoms with Crippen molar-refractivity contribution < 1.29 is 9.90 Å². The Morgan fingerprint density at radius 2 is 0.820 bits per heavy atom. The fourth-order valence-electron chi connectivity index (χ4n) is 6.78. The topological polar surface area (TPSA) is 43.8 Å². The molecule has 0 aliphatic heterocycles. The second-order valence-electron chi connectivity index (χ2n) is 14.6. The highest BCUT2D eigenvalue weighted by molar-refractivity contribution is 5.65. The average molecular weight is 699 g/mol.